The van der Waals surface area contributed by atoms with Crippen LogP contribution in [0.25, 0.3) is 0 Å². The highest BCUT2D eigenvalue weighted by Crippen LogP contribution is 2.31. The lowest BCUT2D eigenvalue weighted by Gasteiger charge is -2.23. The van der Waals surface area contributed by atoms with Crippen LogP contribution in [0, 0.1) is 0 Å². The van der Waals surface area contributed by atoms with Gasteiger partial charge in [0.15, 0.2) is 0 Å². The third-order valence-electron chi connectivity index (χ3n) is 2.65. The van der Waals surface area contributed by atoms with E-state index in [0.29, 0.717) is 0 Å². The Morgan fingerprint density at radius 1 is 1.45 bits per heavy atom. The number of hydrogen-bond donors (Lipinski definition) is 1. The second-order valence-corrected chi connectivity index (χ2v) is 4.03. The molecule has 2 N–H and O–H groups in total. The predicted molar refractivity (Wildman–Crippen MR) is 49.4 cm³/mol. The van der Waals surface area contributed by atoms with Gasteiger partial charge in [-0.3, -0.25) is 0 Å². The third-order valence-corrected chi connectivity index (χ3v) is 2.65. The average molecular weight is 153 g/mol. The molecule has 1 fully saturated rings. The molecule has 0 amide bonds. The third kappa shape index (κ3) is 2.66. The van der Waals surface area contributed by atoms with Crippen LogP contribution in [0.15, 0.2) is 12.2 Å². The molecule has 1 saturated carbocycles. The lowest BCUT2D eigenvalue weighted by atomic mass is 9.91. The molecule has 0 aromatic heterocycles. The first kappa shape index (κ1) is 8.79. The first-order valence-electron chi connectivity index (χ1n) is 4.56. The van der Waals surface area contributed by atoms with Crippen molar-refractivity contribution < 1.29 is 0 Å². The van der Waals surface area contributed by atoms with Gasteiger partial charge in [0.2, 0.25) is 0 Å². The first-order valence-corrected chi connectivity index (χ1v) is 4.56. The number of rotatable bonds is 3. The van der Waals surface area contributed by atoms with Crippen molar-refractivity contribution in [3.63, 3.8) is 0 Å². The molecule has 64 valence electrons. The fraction of sp³-hybridized carbons (Fsp3) is 0.800. The SMILES string of the molecule is C=C(C)CCC1(N)CCCC1. The van der Waals surface area contributed by atoms with E-state index in [2.05, 4.69) is 13.5 Å². The van der Waals surface area contributed by atoms with Gasteiger partial charge in [-0.2, -0.15) is 0 Å². The minimum Gasteiger partial charge on any atom is -0.325 e. The van der Waals surface area contributed by atoms with E-state index in [4.69, 9.17) is 5.73 Å². The molecule has 1 aliphatic carbocycles. The summed E-state index contributed by atoms with van der Waals surface area (Å²) in [6.07, 6.45) is 7.35. The largest absolute Gasteiger partial charge is 0.325 e. The van der Waals surface area contributed by atoms with Gasteiger partial charge in [0.1, 0.15) is 0 Å². The van der Waals surface area contributed by atoms with Crippen molar-refractivity contribution >= 4 is 0 Å². The molecule has 0 atom stereocenters. The second kappa shape index (κ2) is 3.40. The Labute approximate surface area is 69.7 Å². The predicted octanol–water partition coefficient (Wildman–Crippen LogP) is 2.61. The lowest BCUT2D eigenvalue weighted by molar-refractivity contribution is 0.405. The van der Waals surface area contributed by atoms with Gasteiger partial charge < -0.3 is 5.73 Å². The minimum absolute atomic E-state index is 0.166. The van der Waals surface area contributed by atoms with Gasteiger partial charge >= 0.3 is 0 Å². The molecule has 0 aliphatic heterocycles. The monoisotopic (exact) mass is 153 g/mol. The van der Waals surface area contributed by atoms with Crippen molar-refractivity contribution in [2.75, 3.05) is 0 Å². The maximum atomic E-state index is 6.17. The summed E-state index contributed by atoms with van der Waals surface area (Å²) in [6.45, 7) is 5.97. The Bertz CT molecular complexity index is 143. The molecule has 0 radical (unpaired) electrons. The van der Waals surface area contributed by atoms with Crippen molar-refractivity contribution in [2.45, 2.75) is 51.0 Å². The zero-order valence-electron chi connectivity index (χ0n) is 7.53. The standard InChI is InChI=1S/C10H19N/c1-9(2)5-8-10(11)6-3-4-7-10/h1,3-8,11H2,2H3. The van der Waals surface area contributed by atoms with Crippen LogP contribution in [0.1, 0.15) is 45.4 Å². The summed E-state index contributed by atoms with van der Waals surface area (Å²) in [5.74, 6) is 0. The van der Waals surface area contributed by atoms with Gasteiger partial charge in [0, 0.05) is 5.54 Å². The van der Waals surface area contributed by atoms with Crippen molar-refractivity contribution in [1.29, 1.82) is 0 Å². The Hall–Kier alpha value is -0.300. The van der Waals surface area contributed by atoms with Gasteiger partial charge in [-0.15, -0.1) is 6.58 Å². The topological polar surface area (TPSA) is 26.0 Å². The summed E-state index contributed by atoms with van der Waals surface area (Å²) in [6, 6.07) is 0. The van der Waals surface area contributed by atoms with Gasteiger partial charge in [-0.05, 0) is 32.6 Å². The van der Waals surface area contributed by atoms with Crippen LogP contribution in [0.2, 0.25) is 0 Å². The van der Waals surface area contributed by atoms with E-state index in [-0.39, 0.29) is 5.54 Å². The maximum absolute atomic E-state index is 6.17. The Morgan fingerprint density at radius 2 is 2.00 bits per heavy atom. The van der Waals surface area contributed by atoms with Gasteiger partial charge in [-0.25, -0.2) is 0 Å². The average Bonchev–Trinajstić information content (AvgIpc) is 2.33. The maximum Gasteiger partial charge on any atom is 0.0157 e. The van der Waals surface area contributed by atoms with Crippen molar-refractivity contribution in [1.82, 2.24) is 0 Å². The molecule has 0 aromatic carbocycles. The molecule has 1 nitrogen and oxygen atoms in total. The normalized spacial score (nSPS) is 22.0. The Kier molecular flexibility index (Phi) is 2.72. The highest BCUT2D eigenvalue weighted by molar-refractivity contribution is 4.96. The number of allylic oxidation sites excluding steroid dienone is 1. The van der Waals surface area contributed by atoms with Crippen molar-refractivity contribution in [2.24, 2.45) is 5.73 Å². The van der Waals surface area contributed by atoms with E-state index in [9.17, 15) is 0 Å². The quantitative estimate of drug-likeness (QED) is 0.620. The van der Waals surface area contributed by atoms with E-state index >= 15 is 0 Å². The number of hydrogen-bond acceptors (Lipinski definition) is 1. The van der Waals surface area contributed by atoms with Crippen LogP contribution in [-0.4, -0.2) is 5.54 Å². The minimum atomic E-state index is 0.166. The van der Waals surface area contributed by atoms with E-state index in [1.54, 1.807) is 0 Å². The van der Waals surface area contributed by atoms with Crippen LogP contribution >= 0.6 is 0 Å². The van der Waals surface area contributed by atoms with Gasteiger partial charge in [0.25, 0.3) is 0 Å². The van der Waals surface area contributed by atoms with E-state index < -0.39 is 0 Å². The molecule has 0 saturated heterocycles. The van der Waals surface area contributed by atoms with E-state index in [0.717, 1.165) is 12.8 Å². The van der Waals surface area contributed by atoms with Crippen LogP contribution in [-0.2, 0) is 0 Å². The van der Waals surface area contributed by atoms with Crippen LogP contribution in [0.4, 0.5) is 0 Å². The molecule has 0 aromatic rings. The summed E-state index contributed by atoms with van der Waals surface area (Å²) in [7, 11) is 0. The molecule has 0 unspecified atom stereocenters. The van der Waals surface area contributed by atoms with Gasteiger partial charge in [0.05, 0.1) is 0 Å². The summed E-state index contributed by atoms with van der Waals surface area (Å²) in [5, 5.41) is 0. The van der Waals surface area contributed by atoms with Gasteiger partial charge in [-0.1, -0.05) is 18.4 Å². The van der Waals surface area contributed by atoms with E-state index in [1.165, 1.54) is 31.3 Å². The molecule has 1 aliphatic rings. The Balaban J connectivity index is 2.28. The smallest absolute Gasteiger partial charge is 0.0157 e. The van der Waals surface area contributed by atoms with Crippen LogP contribution in [0.5, 0.6) is 0 Å². The van der Waals surface area contributed by atoms with Crippen molar-refractivity contribution in [3.05, 3.63) is 12.2 Å². The molecular weight excluding hydrogens is 134 g/mol. The van der Waals surface area contributed by atoms with Crippen LogP contribution in [0.3, 0.4) is 0 Å². The molecule has 0 heterocycles. The molecule has 11 heavy (non-hydrogen) atoms. The molecule has 1 heteroatoms. The van der Waals surface area contributed by atoms with Crippen LogP contribution < -0.4 is 5.73 Å². The van der Waals surface area contributed by atoms with Crippen molar-refractivity contribution in [3.8, 4) is 0 Å². The zero-order valence-corrected chi connectivity index (χ0v) is 7.53. The second-order valence-electron chi connectivity index (χ2n) is 4.03. The molecule has 0 bridgehead atoms. The molecular formula is C10H19N. The highest BCUT2D eigenvalue weighted by atomic mass is 14.7. The Morgan fingerprint density at radius 3 is 2.45 bits per heavy atom. The summed E-state index contributed by atoms with van der Waals surface area (Å²) < 4.78 is 0. The fourth-order valence-electron chi connectivity index (χ4n) is 1.79. The fourth-order valence-corrected chi connectivity index (χ4v) is 1.79. The summed E-state index contributed by atoms with van der Waals surface area (Å²) >= 11 is 0. The highest BCUT2D eigenvalue weighted by Gasteiger charge is 2.28. The molecule has 1 rings (SSSR count). The van der Waals surface area contributed by atoms with E-state index in [1.807, 2.05) is 0 Å². The zero-order chi connectivity index (χ0) is 8.32. The molecule has 0 spiro atoms. The number of nitrogens with two attached hydrogens (primary N) is 1. The first-order chi connectivity index (χ1) is 5.12. The summed E-state index contributed by atoms with van der Waals surface area (Å²) in [4.78, 5) is 0. The summed E-state index contributed by atoms with van der Waals surface area (Å²) in [5.41, 5.74) is 7.60. The lowest BCUT2D eigenvalue weighted by Crippen LogP contribution is -2.36.